The SMILES string of the molecule is O=c1c2c(ncn1Cc1ccccc1)CCN(CC#Cc1cccs1)C2. The molecule has 26 heavy (non-hydrogen) atoms. The third-order valence-corrected chi connectivity index (χ3v) is 5.28. The molecule has 0 N–H and O–H groups in total. The summed E-state index contributed by atoms with van der Waals surface area (Å²) >= 11 is 1.65. The zero-order valence-corrected chi connectivity index (χ0v) is 15.2. The van der Waals surface area contributed by atoms with Gasteiger partial charge in [-0.1, -0.05) is 48.2 Å². The maximum atomic E-state index is 12.9. The van der Waals surface area contributed by atoms with Crippen LogP contribution in [-0.2, 0) is 19.5 Å². The highest BCUT2D eigenvalue weighted by Gasteiger charge is 2.20. The van der Waals surface area contributed by atoms with E-state index >= 15 is 0 Å². The first-order chi connectivity index (χ1) is 12.8. The highest BCUT2D eigenvalue weighted by Crippen LogP contribution is 2.13. The van der Waals surface area contributed by atoms with Crippen LogP contribution in [0.15, 0.2) is 59.0 Å². The Morgan fingerprint density at radius 2 is 2.04 bits per heavy atom. The maximum absolute atomic E-state index is 12.9. The number of rotatable bonds is 3. The highest BCUT2D eigenvalue weighted by atomic mass is 32.1. The zero-order chi connectivity index (χ0) is 17.8. The van der Waals surface area contributed by atoms with Gasteiger partial charge in [0.2, 0.25) is 0 Å². The first kappa shape index (κ1) is 16.8. The minimum absolute atomic E-state index is 0.0646. The Morgan fingerprint density at radius 1 is 1.15 bits per heavy atom. The van der Waals surface area contributed by atoms with Crippen molar-refractivity contribution in [3.8, 4) is 11.8 Å². The molecule has 1 aliphatic rings. The zero-order valence-electron chi connectivity index (χ0n) is 14.4. The molecule has 5 heteroatoms. The Labute approximate surface area is 156 Å². The van der Waals surface area contributed by atoms with Crippen molar-refractivity contribution in [3.05, 3.63) is 86.2 Å². The minimum Gasteiger partial charge on any atom is -0.294 e. The molecule has 0 bridgehead atoms. The van der Waals surface area contributed by atoms with Gasteiger partial charge in [0, 0.05) is 19.5 Å². The Hall–Kier alpha value is -2.68. The van der Waals surface area contributed by atoms with Gasteiger partial charge >= 0.3 is 0 Å². The number of benzene rings is 1. The van der Waals surface area contributed by atoms with Gasteiger partial charge in [0.15, 0.2) is 0 Å². The molecule has 130 valence electrons. The number of hydrogen-bond acceptors (Lipinski definition) is 4. The van der Waals surface area contributed by atoms with E-state index in [4.69, 9.17) is 0 Å². The Bertz CT molecular complexity index is 997. The molecule has 1 aliphatic heterocycles. The molecule has 0 atom stereocenters. The Kier molecular flexibility index (Phi) is 4.96. The molecule has 3 heterocycles. The highest BCUT2D eigenvalue weighted by molar-refractivity contribution is 7.10. The average Bonchev–Trinajstić information content (AvgIpc) is 3.19. The summed E-state index contributed by atoms with van der Waals surface area (Å²) in [7, 11) is 0. The smallest absolute Gasteiger partial charge is 0.258 e. The summed E-state index contributed by atoms with van der Waals surface area (Å²) in [4.78, 5) is 20.7. The second kappa shape index (κ2) is 7.69. The fraction of sp³-hybridized carbons (Fsp3) is 0.238. The lowest BCUT2D eigenvalue weighted by molar-refractivity contribution is 0.280. The number of thiophene rings is 1. The number of nitrogens with zero attached hydrogens (tertiary/aromatic N) is 3. The summed E-state index contributed by atoms with van der Waals surface area (Å²) in [6, 6.07) is 14.0. The van der Waals surface area contributed by atoms with Crippen LogP contribution in [0.3, 0.4) is 0 Å². The summed E-state index contributed by atoms with van der Waals surface area (Å²) in [6.45, 7) is 2.74. The van der Waals surface area contributed by atoms with Gasteiger partial charge in [-0.15, -0.1) is 11.3 Å². The second-order valence-corrected chi connectivity index (χ2v) is 7.28. The Morgan fingerprint density at radius 3 is 2.85 bits per heavy atom. The van der Waals surface area contributed by atoms with Gasteiger partial charge in [-0.25, -0.2) is 4.98 Å². The fourth-order valence-corrected chi connectivity index (χ4v) is 3.72. The first-order valence-electron chi connectivity index (χ1n) is 8.65. The lowest BCUT2D eigenvalue weighted by Crippen LogP contribution is -2.38. The molecule has 0 unspecified atom stereocenters. The van der Waals surface area contributed by atoms with E-state index in [2.05, 4.69) is 21.7 Å². The maximum Gasteiger partial charge on any atom is 0.258 e. The number of aromatic nitrogens is 2. The van der Waals surface area contributed by atoms with Gasteiger partial charge < -0.3 is 0 Å². The molecular formula is C21H19N3OS. The number of fused-ring (bicyclic) bond motifs is 1. The molecule has 0 amide bonds. The molecule has 4 rings (SSSR count). The van der Waals surface area contributed by atoms with Crippen LogP contribution < -0.4 is 5.56 Å². The molecule has 0 spiro atoms. The van der Waals surface area contributed by atoms with Crippen molar-refractivity contribution in [3.63, 3.8) is 0 Å². The van der Waals surface area contributed by atoms with Crippen molar-refractivity contribution in [1.29, 1.82) is 0 Å². The summed E-state index contributed by atoms with van der Waals surface area (Å²) in [5.74, 6) is 6.40. The van der Waals surface area contributed by atoms with E-state index in [1.54, 1.807) is 22.2 Å². The van der Waals surface area contributed by atoms with Crippen molar-refractivity contribution in [1.82, 2.24) is 14.5 Å². The van der Waals surface area contributed by atoms with Crippen molar-refractivity contribution in [2.45, 2.75) is 19.5 Å². The molecule has 1 aromatic carbocycles. The van der Waals surface area contributed by atoms with Crippen LogP contribution in [0.5, 0.6) is 0 Å². The van der Waals surface area contributed by atoms with Crippen LogP contribution in [0.25, 0.3) is 0 Å². The summed E-state index contributed by atoms with van der Waals surface area (Å²) < 4.78 is 1.70. The molecule has 0 saturated heterocycles. The van der Waals surface area contributed by atoms with Crippen molar-refractivity contribution >= 4 is 11.3 Å². The van der Waals surface area contributed by atoms with E-state index in [1.165, 1.54) is 0 Å². The van der Waals surface area contributed by atoms with Gasteiger partial charge in [-0.3, -0.25) is 14.3 Å². The molecule has 0 radical (unpaired) electrons. The molecule has 3 aromatic rings. The molecule has 0 aliphatic carbocycles. The van der Waals surface area contributed by atoms with Gasteiger partial charge in [0.1, 0.15) is 0 Å². The topological polar surface area (TPSA) is 38.1 Å². The van der Waals surface area contributed by atoms with E-state index < -0.39 is 0 Å². The summed E-state index contributed by atoms with van der Waals surface area (Å²) in [5, 5.41) is 2.03. The van der Waals surface area contributed by atoms with Gasteiger partial charge in [0.05, 0.1) is 35.6 Å². The molecular weight excluding hydrogens is 342 g/mol. The summed E-state index contributed by atoms with van der Waals surface area (Å²) in [5.41, 5.74) is 2.91. The third kappa shape index (κ3) is 3.77. The lowest BCUT2D eigenvalue weighted by atomic mass is 10.1. The van der Waals surface area contributed by atoms with Crippen LogP contribution in [0.4, 0.5) is 0 Å². The van der Waals surface area contributed by atoms with Crippen LogP contribution in [-0.4, -0.2) is 27.5 Å². The quantitative estimate of drug-likeness (QED) is 0.674. The molecule has 0 saturated carbocycles. The van der Waals surface area contributed by atoms with Crippen molar-refractivity contribution < 1.29 is 0 Å². The molecule has 4 nitrogen and oxygen atoms in total. The van der Waals surface area contributed by atoms with Crippen molar-refractivity contribution in [2.75, 3.05) is 13.1 Å². The second-order valence-electron chi connectivity index (χ2n) is 6.33. The normalized spacial score (nSPS) is 13.7. The standard InChI is InChI=1S/C21H19N3OS/c25-21-19-15-23(11-4-8-18-9-5-13-26-18)12-10-20(19)22-16-24(21)14-17-6-2-1-3-7-17/h1-3,5-7,9,13,16H,10-12,14-15H2. The Balaban J connectivity index is 1.50. The fourth-order valence-electron chi connectivity index (χ4n) is 3.12. The van der Waals surface area contributed by atoms with E-state index in [-0.39, 0.29) is 5.56 Å². The van der Waals surface area contributed by atoms with Crippen LogP contribution in [0.1, 0.15) is 21.7 Å². The van der Waals surface area contributed by atoms with E-state index in [0.29, 0.717) is 19.6 Å². The first-order valence-corrected chi connectivity index (χ1v) is 9.53. The van der Waals surface area contributed by atoms with E-state index in [1.807, 2.05) is 47.8 Å². The minimum atomic E-state index is 0.0646. The third-order valence-electron chi connectivity index (χ3n) is 4.50. The largest absolute Gasteiger partial charge is 0.294 e. The van der Waals surface area contributed by atoms with Crippen LogP contribution in [0, 0.1) is 11.8 Å². The monoisotopic (exact) mass is 361 g/mol. The van der Waals surface area contributed by atoms with Gasteiger partial charge in [-0.05, 0) is 17.0 Å². The van der Waals surface area contributed by atoms with Crippen LogP contribution in [0.2, 0.25) is 0 Å². The molecule has 2 aromatic heterocycles. The van der Waals surface area contributed by atoms with E-state index in [9.17, 15) is 4.79 Å². The van der Waals surface area contributed by atoms with Gasteiger partial charge in [-0.2, -0.15) is 0 Å². The van der Waals surface area contributed by atoms with Gasteiger partial charge in [0.25, 0.3) is 5.56 Å². The van der Waals surface area contributed by atoms with Crippen LogP contribution >= 0.6 is 11.3 Å². The predicted molar refractivity (Wildman–Crippen MR) is 104 cm³/mol. The van der Waals surface area contributed by atoms with E-state index in [0.717, 1.165) is 34.7 Å². The lowest BCUT2D eigenvalue weighted by Gasteiger charge is -2.26. The van der Waals surface area contributed by atoms with Crippen molar-refractivity contribution in [2.24, 2.45) is 0 Å². The molecule has 0 fully saturated rings. The predicted octanol–water partition coefficient (Wildman–Crippen LogP) is 2.76. The number of hydrogen-bond donors (Lipinski definition) is 0. The average molecular weight is 361 g/mol. The summed E-state index contributed by atoms with van der Waals surface area (Å²) in [6.07, 6.45) is 2.48.